The predicted molar refractivity (Wildman–Crippen MR) is 49.7 cm³/mol. The van der Waals surface area contributed by atoms with Crippen molar-refractivity contribution >= 4 is 34.9 Å². The summed E-state index contributed by atoms with van der Waals surface area (Å²) < 4.78 is 5.15. The molecule has 0 aromatic heterocycles. The molecule has 0 bridgehead atoms. The van der Waals surface area contributed by atoms with Gasteiger partial charge in [0.1, 0.15) is 6.61 Å². The van der Waals surface area contributed by atoms with Crippen LogP contribution in [0, 0.1) is 0 Å². The second kappa shape index (κ2) is 3.08. The molecule has 0 atom stereocenters. The first kappa shape index (κ1) is 9.71. The summed E-state index contributed by atoms with van der Waals surface area (Å²) in [6, 6.07) is 0. The average molecular weight is 234 g/mol. The number of hydrogen-bond donors (Lipinski definition) is 1. The average Bonchev–Trinajstić information content (AvgIpc) is 2.43. The Morgan fingerprint density at radius 3 is 2.29 bits per heavy atom. The maximum atomic E-state index is 11.2. The van der Waals surface area contributed by atoms with Crippen LogP contribution < -0.4 is 5.32 Å². The summed E-state index contributed by atoms with van der Waals surface area (Å²) in [5, 5.41) is 2.40. The first-order valence-electron chi connectivity index (χ1n) is 3.79. The van der Waals surface area contributed by atoms with Gasteiger partial charge in [0.2, 0.25) is 11.7 Å². The van der Waals surface area contributed by atoms with Gasteiger partial charge < -0.3 is 10.1 Å². The second-order valence-electron chi connectivity index (χ2n) is 2.94. The zero-order valence-electron chi connectivity index (χ0n) is 6.84. The molecule has 0 saturated carbocycles. The van der Waals surface area contributed by atoms with E-state index in [0.717, 1.165) is 0 Å². The lowest BCUT2D eigenvalue weighted by Gasteiger charge is -2.23. The first-order chi connectivity index (χ1) is 6.52. The lowest BCUT2D eigenvalue weighted by molar-refractivity contribution is -0.119. The van der Waals surface area contributed by atoms with Gasteiger partial charge in [-0.15, -0.1) is 0 Å². The molecule has 4 nitrogen and oxygen atoms in total. The maximum absolute atomic E-state index is 11.2. The van der Waals surface area contributed by atoms with Gasteiger partial charge in [-0.05, 0) is 12.2 Å². The molecule has 1 N–H and O–H groups in total. The Morgan fingerprint density at radius 2 is 1.86 bits per heavy atom. The zero-order chi connectivity index (χ0) is 10.3. The van der Waals surface area contributed by atoms with Crippen molar-refractivity contribution in [1.82, 2.24) is 5.32 Å². The van der Waals surface area contributed by atoms with Gasteiger partial charge in [0.15, 0.2) is 5.72 Å². The van der Waals surface area contributed by atoms with Gasteiger partial charge >= 0.3 is 0 Å². The van der Waals surface area contributed by atoms with Crippen LogP contribution in [-0.2, 0) is 14.3 Å². The quantitative estimate of drug-likeness (QED) is 0.669. The lowest BCUT2D eigenvalue weighted by atomic mass is 10.1. The highest BCUT2D eigenvalue weighted by Crippen LogP contribution is 2.30. The summed E-state index contributed by atoms with van der Waals surface area (Å²) in [5.41, 5.74) is -1.14. The summed E-state index contributed by atoms with van der Waals surface area (Å²) in [6.45, 7) is -0.0739. The molecule has 0 unspecified atom stereocenters. The van der Waals surface area contributed by atoms with E-state index in [4.69, 9.17) is 27.9 Å². The van der Waals surface area contributed by atoms with Gasteiger partial charge in [-0.3, -0.25) is 9.59 Å². The molecule has 1 spiro atoms. The monoisotopic (exact) mass is 233 g/mol. The van der Waals surface area contributed by atoms with Crippen LogP contribution in [0.25, 0.3) is 0 Å². The Balaban J connectivity index is 2.39. The Hall–Kier alpha value is -0.840. The zero-order valence-corrected chi connectivity index (χ0v) is 8.35. The molecule has 1 saturated heterocycles. The highest BCUT2D eigenvalue weighted by atomic mass is 35.5. The molecular formula is C8H5Cl2NO3. The van der Waals surface area contributed by atoms with Crippen molar-refractivity contribution in [3.05, 3.63) is 22.2 Å². The number of Topliss-reactive ketones (excluding diaryl/α,β-unsaturated/α-hetero) is 1. The first-order valence-corrected chi connectivity index (χ1v) is 4.54. The number of halogens is 2. The van der Waals surface area contributed by atoms with Gasteiger partial charge in [0.05, 0.1) is 10.1 Å². The minimum Gasteiger partial charge on any atom is -0.338 e. The minimum absolute atomic E-state index is 0.0558. The van der Waals surface area contributed by atoms with Crippen LogP contribution in [0.5, 0.6) is 0 Å². The van der Waals surface area contributed by atoms with Crippen LogP contribution in [0.3, 0.4) is 0 Å². The number of ketones is 1. The minimum atomic E-state index is -1.14. The molecule has 2 aliphatic rings. The number of carbonyl (C=O) groups excluding carboxylic acids is 2. The van der Waals surface area contributed by atoms with Crippen molar-refractivity contribution in [3.8, 4) is 0 Å². The van der Waals surface area contributed by atoms with E-state index in [1.165, 1.54) is 12.2 Å². The van der Waals surface area contributed by atoms with E-state index in [0.29, 0.717) is 0 Å². The predicted octanol–water partition coefficient (Wildman–Crippen LogP) is 0.657. The van der Waals surface area contributed by atoms with E-state index in [-0.39, 0.29) is 22.6 Å². The number of carbonyl (C=O) groups is 2. The standard InChI is InChI=1S/C8H5Cl2NO3/c9-4-1-8(2-5(10)7(4)13)11-6(12)3-14-8/h1-2H,3H2,(H,11,12). The number of ether oxygens (including phenoxy) is 1. The van der Waals surface area contributed by atoms with Crippen LogP contribution in [-0.4, -0.2) is 24.0 Å². The third kappa shape index (κ3) is 1.45. The Bertz CT molecular complexity index is 364. The van der Waals surface area contributed by atoms with Crippen LogP contribution >= 0.6 is 23.2 Å². The van der Waals surface area contributed by atoms with Crippen LogP contribution in [0.2, 0.25) is 0 Å². The number of nitrogens with one attached hydrogen (secondary N) is 1. The molecular weight excluding hydrogens is 229 g/mol. The molecule has 74 valence electrons. The summed E-state index contributed by atoms with van der Waals surface area (Å²) >= 11 is 11.3. The second-order valence-corrected chi connectivity index (χ2v) is 3.76. The van der Waals surface area contributed by atoms with Crippen LogP contribution in [0.15, 0.2) is 22.2 Å². The largest absolute Gasteiger partial charge is 0.338 e. The summed E-state index contributed by atoms with van der Waals surface area (Å²) in [5.74, 6) is -0.746. The molecule has 1 amide bonds. The highest BCUT2D eigenvalue weighted by Gasteiger charge is 2.39. The van der Waals surface area contributed by atoms with Crippen molar-refractivity contribution < 1.29 is 14.3 Å². The Morgan fingerprint density at radius 1 is 1.29 bits per heavy atom. The van der Waals surface area contributed by atoms with Crippen LogP contribution in [0.4, 0.5) is 0 Å². The molecule has 14 heavy (non-hydrogen) atoms. The van der Waals surface area contributed by atoms with Gasteiger partial charge in [-0.25, -0.2) is 0 Å². The molecule has 1 fully saturated rings. The highest BCUT2D eigenvalue weighted by molar-refractivity contribution is 6.55. The molecule has 6 heteroatoms. The van der Waals surface area contributed by atoms with Gasteiger partial charge in [-0.1, -0.05) is 23.2 Å². The Labute approximate surface area is 89.5 Å². The normalized spacial score (nSPS) is 24.7. The van der Waals surface area contributed by atoms with E-state index in [2.05, 4.69) is 5.32 Å². The fraction of sp³-hybridized carbons (Fsp3) is 0.250. The molecule has 2 rings (SSSR count). The topological polar surface area (TPSA) is 55.4 Å². The van der Waals surface area contributed by atoms with Crippen molar-refractivity contribution in [1.29, 1.82) is 0 Å². The van der Waals surface area contributed by atoms with Crippen molar-refractivity contribution in [2.45, 2.75) is 5.72 Å². The van der Waals surface area contributed by atoms with Crippen molar-refractivity contribution in [2.75, 3.05) is 6.61 Å². The number of allylic oxidation sites excluding steroid dienone is 2. The molecule has 0 radical (unpaired) electrons. The molecule has 1 aliphatic heterocycles. The van der Waals surface area contributed by atoms with E-state index in [1.807, 2.05) is 0 Å². The number of rotatable bonds is 0. The van der Waals surface area contributed by atoms with Crippen molar-refractivity contribution in [2.24, 2.45) is 0 Å². The van der Waals surface area contributed by atoms with Gasteiger partial charge in [0.25, 0.3) is 0 Å². The Kier molecular flexibility index (Phi) is 2.14. The fourth-order valence-corrected chi connectivity index (χ4v) is 1.87. The third-order valence-electron chi connectivity index (χ3n) is 1.89. The van der Waals surface area contributed by atoms with E-state index >= 15 is 0 Å². The smallest absolute Gasteiger partial charge is 0.248 e. The fourth-order valence-electron chi connectivity index (χ4n) is 1.29. The summed E-state index contributed by atoms with van der Waals surface area (Å²) in [7, 11) is 0. The lowest BCUT2D eigenvalue weighted by Crippen LogP contribution is -2.41. The van der Waals surface area contributed by atoms with Crippen molar-refractivity contribution in [3.63, 3.8) is 0 Å². The van der Waals surface area contributed by atoms with Gasteiger partial charge in [0, 0.05) is 0 Å². The molecule has 0 aromatic carbocycles. The molecule has 1 aliphatic carbocycles. The maximum Gasteiger partial charge on any atom is 0.248 e. The van der Waals surface area contributed by atoms with E-state index in [9.17, 15) is 9.59 Å². The summed E-state index contributed by atoms with van der Waals surface area (Å²) in [4.78, 5) is 22.1. The van der Waals surface area contributed by atoms with Crippen LogP contribution in [0.1, 0.15) is 0 Å². The molecule has 0 aromatic rings. The number of hydrogen-bond acceptors (Lipinski definition) is 3. The third-order valence-corrected chi connectivity index (χ3v) is 2.45. The SMILES string of the molecule is O=C1COC2(C=C(Cl)C(=O)C(Cl)=C2)N1. The van der Waals surface area contributed by atoms with E-state index < -0.39 is 11.5 Å². The van der Waals surface area contributed by atoms with Gasteiger partial charge in [-0.2, -0.15) is 0 Å². The van der Waals surface area contributed by atoms with E-state index in [1.54, 1.807) is 0 Å². The number of amides is 1. The molecule has 1 heterocycles. The summed E-state index contributed by atoms with van der Waals surface area (Å²) in [6.07, 6.45) is 2.65.